The van der Waals surface area contributed by atoms with Crippen LogP contribution < -0.4 is 15.0 Å². The Balaban J connectivity index is 1.75. The van der Waals surface area contributed by atoms with E-state index in [4.69, 9.17) is 4.74 Å². The van der Waals surface area contributed by atoms with Gasteiger partial charge in [-0.2, -0.15) is 0 Å². The van der Waals surface area contributed by atoms with Gasteiger partial charge < -0.3 is 15.0 Å². The van der Waals surface area contributed by atoms with Crippen molar-refractivity contribution in [2.24, 2.45) is 0 Å². The van der Waals surface area contributed by atoms with Crippen molar-refractivity contribution in [3.8, 4) is 5.75 Å². The van der Waals surface area contributed by atoms with E-state index in [0.717, 1.165) is 25.9 Å². The third-order valence-electron chi connectivity index (χ3n) is 4.20. The van der Waals surface area contributed by atoms with E-state index in [1.807, 2.05) is 31.2 Å². The van der Waals surface area contributed by atoms with Gasteiger partial charge in [0.15, 0.2) is 0 Å². The molecule has 3 rings (SSSR count). The number of nitrogens with zero attached hydrogens (tertiary/aromatic N) is 3. The average Bonchev–Trinajstić information content (AvgIpc) is 2.93. The molecule has 0 unspecified atom stereocenters. The van der Waals surface area contributed by atoms with Gasteiger partial charge in [0, 0.05) is 19.3 Å². The number of anilines is 2. The summed E-state index contributed by atoms with van der Waals surface area (Å²) in [5.74, 6) is 1.03. The molecule has 1 N–H and O–H groups in total. The zero-order valence-electron chi connectivity index (χ0n) is 14.6. The fraction of sp³-hybridized carbons (Fsp3) is 0.421. The Morgan fingerprint density at radius 3 is 2.68 bits per heavy atom. The number of carbonyl (C=O) groups excluding carboxylic acids is 1. The molecule has 6 heteroatoms. The first-order valence-corrected chi connectivity index (χ1v) is 8.89. The molecule has 0 aliphatic carbocycles. The molecule has 1 aliphatic rings. The second kappa shape index (κ2) is 8.46. The number of benzene rings is 1. The lowest BCUT2D eigenvalue weighted by Crippen LogP contribution is -2.27. The summed E-state index contributed by atoms with van der Waals surface area (Å²) in [6, 6.07) is 9.03. The number of hydrogen-bond donors (Lipinski definition) is 1. The van der Waals surface area contributed by atoms with E-state index in [9.17, 15) is 4.79 Å². The van der Waals surface area contributed by atoms with Crippen molar-refractivity contribution in [2.75, 3.05) is 29.9 Å². The first-order chi connectivity index (χ1) is 12.3. The Labute approximate surface area is 148 Å². The van der Waals surface area contributed by atoms with Gasteiger partial charge in [0.2, 0.25) is 5.95 Å². The van der Waals surface area contributed by atoms with E-state index in [1.54, 1.807) is 12.3 Å². The zero-order valence-corrected chi connectivity index (χ0v) is 14.6. The topological polar surface area (TPSA) is 67.3 Å². The Kier molecular flexibility index (Phi) is 5.82. The Morgan fingerprint density at radius 1 is 1.16 bits per heavy atom. The van der Waals surface area contributed by atoms with E-state index in [1.165, 1.54) is 12.8 Å². The van der Waals surface area contributed by atoms with Crippen LogP contribution in [0.25, 0.3) is 0 Å². The van der Waals surface area contributed by atoms with Gasteiger partial charge in [0.05, 0.1) is 12.3 Å². The maximum atomic E-state index is 12.6. The highest BCUT2D eigenvalue weighted by Gasteiger charge is 2.16. The van der Waals surface area contributed by atoms with Crippen LogP contribution in [0.5, 0.6) is 5.75 Å². The molecule has 0 atom stereocenters. The number of para-hydroxylation sites is 2. The number of hydrogen-bond acceptors (Lipinski definition) is 5. The van der Waals surface area contributed by atoms with E-state index in [2.05, 4.69) is 20.2 Å². The summed E-state index contributed by atoms with van der Waals surface area (Å²) in [4.78, 5) is 23.6. The Morgan fingerprint density at radius 2 is 1.92 bits per heavy atom. The molecule has 132 valence electrons. The zero-order chi connectivity index (χ0) is 17.5. The van der Waals surface area contributed by atoms with Crippen molar-refractivity contribution in [1.82, 2.24) is 9.97 Å². The van der Waals surface area contributed by atoms with Crippen LogP contribution in [0.2, 0.25) is 0 Å². The van der Waals surface area contributed by atoms with Gasteiger partial charge in [-0.15, -0.1) is 0 Å². The lowest BCUT2D eigenvalue weighted by molar-refractivity contribution is 0.102. The van der Waals surface area contributed by atoms with E-state index >= 15 is 0 Å². The van der Waals surface area contributed by atoms with Crippen LogP contribution in [0.15, 0.2) is 36.5 Å². The molecule has 2 aromatic rings. The van der Waals surface area contributed by atoms with Crippen LogP contribution in [0.4, 0.5) is 11.6 Å². The van der Waals surface area contributed by atoms with Gasteiger partial charge in [-0.05, 0) is 38.0 Å². The smallest absolute Gasteiger partial charge is 0.274 e. The SMILES string of the molecule is CCOc1ccccc1NC(=O)c1ccnc(N2CCCCCC2)n1. The molecule has 1 aromatic carbocycles. The molecular weight excluding hydrogens is 316 g/mol. The first-order valence-electron chi connectivity index (χ1n) is 8.89. The number of carbonyl (C=O) groups is 1. The van der Waals surface area contributed by atoms with Crippen molar-refractivity contribution in [3.63, 3.8) is 0 Å². The highest BCUT2D eigenvalue weighted by molar-refractivity contribution is 6.03. The van der Waals surface area contributed by atoms with Gasteiger partial charge in [-0.3, -0.25) is 4.79 Å². The van der Waals surface area contributed by atoms with Gasteiger partial charge in [0.25, 0.3) is 5.91 Å². The van der Waals surface area contributed by atoms with Crippen LogP contribution in [0.1, 0.15) is 43.1 Å². The van der Waals surface area contributed by atoms with E-state index in [0.29, 0.717) is 29.7 Å². The molecule has 0 bridgehead atoms. The number of rotatable bonds is 5. The minimum Gasteiger partial charge on any atom is -0.492 e. The van der Waals surface area contributed by atoms with E-state index in [-0.39, 0.29) is 5.91 Å². The van der Waals surface area contributed by atoms with Gasteiger partial charge in [-0.25, -0.2) is 9.97 Å². The standard InChI is InChI=1S/C19H24N4O2/c1-2-25-17-10-6-5-9-15(17)21-18(24)16-11-12-20-19(22-16)23-13-7-3-4-8-14-23/h5-6,9-12H,2-4,7-8,13-14H2,1H3,(H,21,24). The molecule has 1 aliphatic heterocycles. The summed E-state index contributed by atoms with van der Waals surface area (Å²) in [7, 11) is 0. The van der Waals surface area contributed by atoms with Gasteiger partial charge in [0.1, 0.15) is 11.4 Å². The molecule has 1 amide bonds. The highest BCUT2D eigenvalue weighted by atomic mass is 16.5. The minimum absolute atomic E-state index is 0.259. The van der Waals surface area contributed by atoms with Crippen molar-refractivity contribution in [1.29, 1.82) is 0 Å². The van der Waals surface area contributed by atoms with Crippen LogP contribution in [0, 0.1) is 0 Å². The van der Waals surface area contributed by atoms with Crippen LogP contribution in [0.3, 0.4) is 0 Å². The second-order valence-corrected chi connectivity index (χ2v) is 6.03. The number of ether oxygens (including phenoxy) is 1. The summed E-state index contributed by atoms with van der Waals surface area (Å²) >= 11 is 0. The van der Waals surface area contributed by atoms with Crippen LogP contribution in [-0.2, 0) is 0 Å². The first kappa shape index (κ1) is 17.2. The molecule has 25 heavy (non-hydrogen) atoms. The third-order valence-corrected chi connectivity index (χ3v) is 4.20. The van der Waals surface area contributed by atoms with Crippen molar-refractivity contribution >= 4 is 17.5 Å². The number of amides is 1. The largest absolute Gasteiger partial charge is 0.492 e. The summed E-state index contributed by atoms with van der Waals surface area (Å²) in [5.41, 5.74) is 1.00. The molecular formula is C19H24N4O2. The summed E-state index contributed by atoms with van der Waals surface area (Å²) in [6.45, 7) is 4.34. The molecule has 1 saturated heterocycles. The summed E-state index contributed by atoms with van der Waals surface area (Å²) < 4.78 is 5.55. The number of aromatic nitrogens is 2. The maximum absolute atomic E-state index is 12.6. The third kappa shape index (κ3) is 4.47. The Hall–Kier alpha value is -2.63. The monoisotopic (exact) mass is 340 g/mol. The molecule has 1 aromatic heterocycles. The van der Waals surface area contributed by atoms with E-state index < -0.39 is 0 Å². The molecule has 0 radical (unpaired) electrons. The minimum atomic E-state index is -0.259. The molecule has 0 saturated carbocycles. The average molecular weight is 340 g/mol. The normalized spacial score (nSPS) is 14.7. The summed E-state index contributed by atoms with van der Waals surface area (Å²) in [5, 5.41) is 2.88. The van der Waals surface area contributed by atoms with Crippen LogP contribution >= 0.6 is 0 Å². The summed E-state index contributed by atoms with van der Waals surface area (Å²) in [6.07, 6.45) is 6.41. The highest BCUT2D eigenvalue weighted by Crippen LogP contribution is 2.24. The molecule has 2 heterocycles. The van der Waals surface area contributed by atoms with Crippen LogP contribution in [-0.4, -0.2) is 35.6 Å². The van der Waals surface area contributed by atoms with Gasteiger partial charge >= 0.3 is 0 Å². The lowest BCUT2D eigenvalue weighted by Gasteiger charge is -2.20. The second-order valence-electron chi connectivity index (χ2n) is 6.03. The quantitative estimate of drug-likeness (QED) is 0.902. The molecule has 0 spiro atoms. The number of nitrogens with one attached hydrogen (secondary N) is 1. The molecule has 1 fully saturated rings. The lowest BCUT2D eigenvalue weighted by atomic mass is 10.2. The fourth-order valence-electron chi connectivity index (χ4n) is 2.94. The fourth-order valence-corrected chi connectivity index (χ4v) is 2.94. The predicted molar refractivity (Wildman–Crippen MR) is 98.3 cm³/mol. The molecule has 6 nitrogen and oxygen atoms in total. The van der Waals surface area contributed by atoms with Crippen molar-refractivity contribution in [3.05, 3.63) is 42.2 Å². The Bertz CT molecular complexity index is 712. The van der Waals surface area contributed by atoms with Crippen molar-refractivity contribution < 1.29 is 9.53 Å². The van der Waals surface area contributed by atoms with Crippen molar-refractivity contribution in [2.45, 2.75) is 32.6 Å². The maximum Gasteiger partial charge on any atom is 0.274 e. The predicted octanol–water partition coefficient (Wildman–Crippen LogP) is 3.51. The van der Waals surface area contributed by atoms with Gasteiger partial charge in [-0.1, -0.05) is 25.0 Å².